The number of unbranched alkanes of at least 4 members (excludes halogenated alkanes) is 2. The van der Waals surface area contributed by atoms with Gasteiger partial charge in [0.25, 0.3) is 0 Å². The van der Waals surface area contributed by atoms with Gasteiger partial charge in [0.05, 0.1) is 0 Å². The molecule has 0 heterocycles. The van der Waals surface area contributed by atoms with E-state index in [4.69, 9.17) is 9.84 Å². The topological polar surface area (TPSA) is 46.5 Å². The Kier molecular flexibility index (Phi) is 9.55. The summed E-state index contributed by atoms with van der Waals surface area (Å²) in [4.78, 5) is 11.7. The van der Waals surface area contributed by atoms with Crippen LogP contribution in [0.4, 0.5) is 0 Å². The van der Waals surface area contributed by atoms with Gasteiger partial charge in [-0.1, -0.05) is 75.6 Å². The van der Waals surface area contributed by atoms with Crippen LogP contribution in [-0.4, -0.2) is 17.7 Å². The van der Waals surface area contributed by atoms with Gasteiger partial charge in [-0.25, -0.2) is 4.79 Å². The van der Waals surface area contributed by atoms with Gasteiger partial charge in [-0.2, -0.15) is 0 Å². The second-order valence-electron chi connectivity index (χ2n) is 9.11. The van der Waals surface area contributed by atoms with E-state index in [1.54, 1.807) is 0 Å². The molecule has 0 spiro atoms. The maximum Gasteiger partial charge on any atom is 0.330 e. The summed E-state index contributed by atoms with van der Waals surface area (Å²) in [6.45, 7) is 6.23. The van der Waals surface area contributed by atoms with Crippen LogP contribution >= 0.6 is 0 Å². The highest BCUT2D eigenvalue weighted by Gasteiger charge is 2.24. The van der Waals surface area contributed by atoms with E-state index in [2.05, 4.69) is 56.0 Å². The molecular formula is C29H38O3. The Morgan fingerprint density at radius 3 is 2.44 bits per heavy atom. The maximum atomic E-state index is 11.7. The standard InChI is InChI=1S/C29H38O3/c1-3-5-6-7-22-10-14-25(15-11-22)28-17-16-26(20-27(28)21-32-29(31)4-2)24-12-8-23(9-13-24)18-19-30/h4,8-9,12-13,16-17,20,22,25,30H,2-3,5-7,10-11,14-15,18-19,21H2,1H3. The Hall–Kier alpha value is -2.39. The van der Waals surface area contributed by atoms with E-state index in [0.717, 1.165) is 28.2 Å². The maximum absolute atomic E-state index is 11.7. The van der Waals surface area contributed by atoms with Crippen LogP contribution in [0, 0.1) is 5.92 Å². The van der Waals surface area contributed by atoms with Gasteiger partial charge in [-0.15, -0.1) is 0 Å². The molecule has 1 saturated carbocycles. The van der Waals surface area contributed by atoms with Gasteiger partial charge < -0.3 is 9.84 Å². The molecule has 3 nitrogen and oxygen atoms in total. The Labute approximate surface area is 193 Å². The second-order valence-corrected chi connectivity index (χ2v) is 9.11. The SMILES string of the molecule is C=CC(=O)OCc1cc(-c2ccc(CCO)cc2)ccc1C1CCC(CCCCC)CC1. The van der Waals surface area contributed by atoms with Gasteiger partial charge in [0, 0.05) is 12.7 Å². The van der Waals surface area contributed by atoms with Crippen molar-refractivity contribution in [3.8, 4) is 11.1 Å². The van der Waals surface area contributed by atoms with Crippen LogP contribution in [0.25, 0.3) is 11.1 Å². The zero-order valence-electron chi connectivity index (χ0n) is 19.5. The number of carbonyl (C=O) groups is 1. The number of hydrogen-bond acceptors (Lipinski definition) is 3. The average Bonchev–Trinajstić information content (AvgIpc) is 2.84. The molecule has 0 aromatic heterocycles. The summed E-state index contributed by atoms with van der Waals surface area (Å²) in [7, 11) is 0. The zero-order chi connectivity index (χ0) is 22.8. The van der Waals surface area contributed by atoms with Crippen LogP contribution in [0.2, 0.25) is 0 Å². The fourth-order valence-corrected chi connectivity index (χ4v) is 4.95. The average molecular weight is 435 g/mol. The van der Waals surface area contributed by atoms with Gasteiger partial charge >= 0.3 is 5.97 Å². The second kappa shape index (κ2) is 12.6. The lowest BCUT2D eigenvalue weighted by atomic mass is 9.75. The number of aliphatic hydroxyl groups is 1. The van der Waals surface area contributed by atoms with E-state index < -0.39 is 0 Å². The normalized spacial score (nSPS) is 18.3. The van der Waals surface area contributed by atoms with Crippen molar-refractivity contribution in [3.05, 3.63) is 71.8 Å². The number of ether oxygens (including phenoxy) is 1. The van der Waals surface area contributed by atoms with Crippen LogP contribution in [-0.2, 0) is 22.6 Å². The molecule has 1 aliphatic rings. The summed E-state index contributed by atoms with van der Waals surface area (Å²) in [6.07, 6.45) is 12.3. The van der Waals surface area contributed by atoms with Gasteiger partial charge in [0.1, 0.15) is 6.61 Å². The number of rotatable bonds is 11. The minimum Gasteiger partial charge on any atom is -0.458 e. The van der Waals surface area contributed by atoms with Crippen LogP contribution in [0.15, 0.2) is 55.1 Å². The fourth-order valence-electron chi connectivity index (χ4n) is 4.95. The first-order valence-corrected chi connectivity index (χ1v) is 12.3. The molecule has 1 aliphatic carbocycles. The summed E-state index contributed by atoms with van der Waals surface area (Å²) in [5, 5.41) is 9.14. The van der Waals surface area contributed by atoms with E-state index in [1.165, 1.54) is 63.0 Å². The molecule has 0 unspecified atom stereocenters. The summed E-state index contributed by atoms with van der Waals surface area (Å²) >= 11 is 0. The molecule has 1 N–H and O–H groups in total. The lowest BCUT2D eigenvalue weighted by molar-refractivity contribution is -0.139. The van der Waals surface area contributed by atoms with Gasteiger partial charge in [0.15, 0.2) is 0 Å². The molecule has 2 aromatic carbocycles. The summed E-state index contributed by atoms with van der Waals surface area (Å²) < 4.78 is 5.45. The van der Waals surface area contributed by atoms with E-state index in [9.17, 15) is 4.79 Å². The predicted octanol–water partition coefficient (Wildman–Crippen LogP) is 6.97. The van der Waals surface area contributed by atoms with Crippen molar-refractivity contribution in [2.24, 2.45) is 5.92 Å². The molecule has 0 amide bonds. The third-order valence-corrected chi connectivity index (χ3v) is 6.87. The van der Waals surface area contributed by atoms with Crippen molar-refractivity contribution >= 4 is 5.97 Å². The Morgan fingerprint density at radius 1 is 1.06 bits per heavy atom. The molecule has 0 aliphatic heterocycles. The van der Waals surface area contributed by atoms with Crippen molar-refractivity contribution in [2.45, 2.75) is 77.2 Å². The third-order valence-electron chi connectivity index (χ3n) is 6.87. The third kappa shape index (κ3) is 6.80. The number of aliphatic hydroxyl groups excluding tert-OH is 1. The first-order chi connectivity index (χ1) is 15.6. The predicted molar refractivity (Wildman–Crippen MR) is 132 cm³/mol. The van der Waals surface area contributed by atoms with E-state index in [0.29, 0.717) is 12.3 Å². The van der Waals surface area contributed by atoms with Crippen LogP contribution in [0.5, 0.6) is 0 Å². The minimum absolute atomic E-state index is 0.160. The summed E-state index contributed by atoms with van der Waals surface area (Å²) in [5.74, 6) is 1.03. The smallest absolute Gasteiger partial charge is 0.330 e. The number of benzene rings is 2. The Bertz CT molecular complexity index is 860. The molecule has 0 radical (unpaired) electrons. The van der Waals surface area contributed by atoms with Crippen molar-refractivity contribution in [3.63, 3.8) is 0 Å². The lowest BCUT2D eigenvalue weighted by Crippen LogP contribution is -2.15. The van der Waals surface area contributed by atoms with Crippen LogP contribution < -0.4 is 0 Å². The molecule has 2 aromatic rings. The van der Waals surface area contributed by atoms with E-state index in [1.807, 2.05) is 0 Å². The Morgan fingerprint density at radius 2 is 1.78 bits per heavy atom. The van der Waals surface area contributed by atoms with Crippen molar-refractivity contribution in [1.29, 1.82) is 0 Å². The Balaban J connectivity index is 1.76. The van der Waals surface area contributed by atoms with Gasteiger partial charge in [0.2, 0.25) is 0 Å². The van der Waals surface area contributed by atoms with Gasteiger partial charge in [-0.3, -0.25) is 0 Å². The quantitative estimate of drug-likeness (QED) is 0.236. The van der Waals surface area contributed by atoms with Crippen LogP contribution in [0.1, 0.15) is 80.9 Å². The van der Waals surface area contributed by atoms with E-state index >= 15 is 0 Å². The number of hydrogen-bond donors (Lipinski definition) is 1. The molecule has 3 rings (SSSR count). The molecule has 32 heavy (non-hydrogen) atoms. The van der Waals surface area contributed by atoms with Crippen molar-refractivity contribution in [2.75, 3.05) is 6.61 Å². The molecule has 3 heteroatoms. The molecule has 0 bridgehead atoms. The summed E-state index contributed by atoms with van der Waals surface area (Å²) in [5.41, 5.74) is 5.82. The molecule has 172 valence electrons. The first-order valence-electron chi connectivity index (χ1n) is 12.3. The van der Waals surface area contributed by atoms with E-state index in [-0.39, 0.29) is 19.2 Å². The largest absolute Gasteiger partial charge is 0.458 e. The highest BCUT2D eigenvalue weighted by Crippen LogP contribution is 2.40. The van der Waals surface area contributed by atoms with Crippen molar-refractivity contribution < 1.29 is 14.6 Å². The van der Waals surface area contributed by atoms with Crippen LogP contribution in [0.3, 0.4) is 0 Å². The highest BCUT2D eigenvalue weighted by atomic mass is 16.5. The first kappa shape index (κ1) is 24.3. The molecule has 0 saturated heterocycles. The zero-order valence-corrected chi connectivity index (χ0v) is 19.5. The molecule has 1 fully saturated rings. The van der Waals surface area contributed by atoms with Crippen molar-refractivity contribution in [1.82, 2.24) is 0 Å². The van der Waals surface area contributed by atoms with Gasteiger partial charge in [-0.05, 0) is 77.8 Å². The highest BCUT2D eigenvalue weighted by molar-refractivity contribution is 5.81. The monoisotopic (exact) mass is 434 g/mol. The molecular weight excluding hydrogens is 396 g/mol. The lowest BCUT2D eigenvalue weighted by Gasteiger charge is -2.30. The summed E-state index contributed by atoms with van der Waals surface area (Å²) in [6, 6.07) is 15.0. The number of carbonyl (C=O) groups excluding carboxylic acids is 1. The number of esters is 1. The minimum atomic E-state index is -0.380. The molecule has 0 atom stereocenters. The fraction of sp³-hybridized carbons (Fsp3) is 0.483.